The summed E-state index contributed by atoms with van der Waals surface area (Å²) < 4.78 is 5.87. The van der Waals surface area contributed by atoms with Crippen molar-refractivity contribution < 1.29 is 4.74 Å². The first kappa shape index (κ1) is 15.5. The Morgan fingerprint density at radius 2 is 1.90 bits per heavy atom. The number of benzene rings is 1. The summed E-state index contributed by atoms with van der Waals surface area (Å²) in [5.74, 6) is 0.829. The molecule has 112 valence electrons. The van der Waals surface area contributed by atoms with Crippen molar-refractivity contribution in [1.29, 1.82) is 0 Å². The minimum Gasteiger partial charge on any atom is -0.377 e. The molecule has 1 unspecified atom stereocenters. The zero-order valence-electron chi connectivity index (χ0n) is 13.0. The smallest absolute Gasteiger partial charge is 0.0829 e. The summed E-state index contributed by atoms with van der Waals surface area (Å²) in [6, 6.07) is 10.8. The molecule has 0 saturated heterocycles. The Kier molecular flexibility index (Phi) is 5.62. The van der Waals surface area contributed by atoms with Gasteiger partial charge in [-0.25, -0.2) is 0 Å². The lowest BCUT2D eigenvalue weighted by Crippen LogP contribution is -2.51. The van der Waals surface area contributed by atoms with Crippen molar-refractivity contribution in [3.63, 3.8) is 0 Å². The van der Waals surface area contributed by atoms with Gasteiger partial charge in [0.15, 0.2) is 0 Å². The number of rotatable bonds is 6. The molecule has 1 aliphatic rings. The van der Waals surface area contributed by atoms with Gasteiger partial charge >= 0.3 is 0 Å². The normalized spacial score (nSPS) is 28.2. The first-order chi connectivity index (χ1) is 9.66. The zero-order chi connectivity index (χ0) is 14.4. The largest absolute Gasteiger partial charge is 0.377 e. The lowest BCUT2D eigenvalue weighted by Gasteiger charge is -2.42. The van der Waals surface area contributed by atoms with Crippen molar-refractivity contribution in [1.82, 2.24) is 0 Å². The molecular formula is C18H29NO. The third-order valence-corrected chi connectivity index (χ3v) is 5.03. The number of aryl methyl sites for hydroxylation is 1. The van der Waals surface area contributed by atoms with E-state index in [-0.39, 0.29) is 11.6 Å². The third kappa shape index (κ3) is 3.83. The number of hydrogen-bond acceptors (Lipinski definition) is 2. The van der Waals surface area contributed by atoms with Gasteiger partial charge in [-0.05, 0) is 56.4 Å². The van der Waals surface area contributed by atoms with E-state index >= 15 is 0 Å². The molecule has 1 aliphatic carbocycles. The van der Waals surface area contributed by atoms with E-state index in [1.54, 1.807) is 0 Å². The Morgan fingerprint density at radius 3 is 2.50 bits per heavy atom. The van der Waals surface area contributed by atoms with Gasteiger partial charge in [-0.1, -0.05) is 37.3 Å². The second kappa shape index (κ2) is 7.24. The first-order valence-corrected chi connectivity index (χ1v) is 8.01. The van der Waals surface area contributed by atoms with E-state index in [0.29, 0.717) is 0 Å². The highest BCUT2D eigenvalue weighted by molar-refractivity contribution is 5.14. The highest BCUT2D eigenvalue weighted by Crippen LogP contribution is 2.37. The van der Waals surface area contributed by atoms with Gasteiger partial charge in [-0.2, -0.15) is 0 Å². The van der Waals surface area contributed by atoms with Crippen LogP contribution in [0.1, 0.15) is 51.0 Å². The minimum atomic E-state index is -0.0663. The maximum atomic E-state index is 6.48. The molecule has 0 bridgehead atoms. The highest BCUT2D eigenvalue weighted by atomic mass is 16.5. The van der Waals surface area contributed by atoms with Crippen molar-refractivity contribution in [3.05, 3.63) is 35.9 Å². The van der Waals surface area contributed by atoms with Crippen LogP contribution in [0.15, 0.2) is 30.3 Å². The molecule has 2 rings (SSSR count). The van der Waals surface area contributed by atoms with E-state index in [1.165, 1.54) is 18.4 Å². The van der Waals surface area contributed by atoms with Crippen LogP contribution in [0.25, 0.3) is 0 Å². The van der Waals surface area contributed by atoms with Crippen LogP contribution in [0.2, 0.25) is 0 Å². The fraction of sp³-hybridized carbons (Fsp3) is 0.667. The molecule has 2 nitrogen and oxygen atoms in total. The quantitative estimate of drug-likeness (QED) is 0.853. The standard InChI is InChI=1S/C18H29NO/c1-15-11-13-18(20-2,14-12-15)17(19)10-6-9-16-7-4-3-5-8-16/h3-5,7-8,15,17H,6,9-14,19H2,1-2H3. The van der Waals surface area contributed by atoms with Gasteiger partial charge < -0.3 is 10.5 Å². The zero-order valence-corrected chi connectivity index (χ0v) is 13.0. The molecule has 0 spiro atoms. The Morgan fingerprint density at radius 1 is 1.25 bits per heavy atom. The predicted molar refractivity (Wildman–Crippen MR) is 84.7 cm³/mol. The molecule has 20 heavy (non-hydrogen) atoms. The van der Waals surface area contributed by atoms with Crippen LogP contribution in [0.5, 0.6) is 0 Å². The summed E-state index contributed by atoms with van der Waals surface area (Å²) in [5.41, 5.74) is 7.82. The predicted octanol–water partition coefficient (Wildman–Crippen LogP) is 3.93. The van der Waals surface area contributed by atoms with Crippen molar-refractivity contribution in [2.75, 3.05) is 7.11 Å². The molecule has 0 radical (unpaired) electrons. The summed E-state index contributed by atoms with van der Waals surface area (Å²) in [6.45, 7) is 2.33. The Labute approximate surface area is 123 Å². The number of ether oxygens (including phenoxy) is 1. The first-order valence-electron chi connectivity index (χ1n) is 8.01. The molecule has 0 amide bonds. The van der Waals surface area contributed by atoms with Gasteiger partial charge in [0, 0.05) is 13.2 Å². The van der Waals surface area contributed by atoms with Gasteiger partial charge in [0.1, 0.15) is 0 Å². The van der Waals surface area contributed by atoms with Gasteiger partial charge in [-0.15, -0.1) is 0 Å². The fourth-order valence-electron chi connectivity index (χ4n) is 3.41. The van der Waals surface area contributed by atoms with Crippen LogP contribution in [-0.2, 0) is 11.2 Å². The van der Waals surface area contributed by atoms with Crippen molar-refractivity contribution in [2.24, 2.45) is 11.7 Å². The number of methoxy groups -OCH3 is 1. The molecule has 0 aromatic heterocycles. The van der Waals surface area contributed by atoms with E-state index < -0.39 is 0 Å². The van der Waals surface area contributed by atoms with Crippen LogP contribution in [0, 0.1) is 5.92 Å². The summed E-state index contributed by atoms with van der Waals surface area (Å²) in [5, 5.41) is 0. The molecule has 2 heteroatoms. The van der Waals surface area contributed by atoms with Crippen LogP contribution in [0.3, 0.4) is 0 Å². The average molecular weight is 275 g/mol. The summed E-state index contributed by atoms with van der Waals surface area (Å²) in [7, 11) is 1.84. The average Bonchev–Trinajstić information content (AvgIpc) is 2.49. The second-order valence-electron chi connectivity index (χ2n) is 6.44. The van der Waals surface area contributed by atoms with E-state index in [1.807, 2.05) is 7.11 Å². The van der Waals surface area contributed by atoms with E-state index in [2.05, 4.69) is 37.3 Å². The summed E-state index contributed by atoms with van der Waals surface area (Å²) in [4.78, 5) is 0. The minimum absolute atomic E-state index is 0.0663. The van der Waals surface area contributed by atoms with Crippen molar-refractivity contribution in [3.8, 4) is 0 Å². The Bertz CT molecular complexity index is 382. The van der Waals surface area contributed by atoms with Gasteiger partial charge in [0.05, 0.1) is 5.60 Å². The van der Waals surface area contributed by atoms with Gasteiger partial charge in [-0.3, -0.25) is 0 Å². The van der Waals surface area contributed by atoms with Crippen LogP contribution in [-0.4, -0.2) is 18.8 Å². The molecule has 0 heterocycles. The highest BCUT2D eigenvalue weighted by Gasteiger charge is 2.39. The maximum Gasteiger partial charge on any atom is 0.0829 e. The lowest BCUT2D eigenvalue weighted by atomic mass is 9.74. The Hall–Kier alpha value is -0.860. The molecule has 2 N–H and O–H groups in total. The molecule has 1 saturated carbocycles. The maximum absolute atomic E-state index is 6.48. The molecule has 1 fully saturated rings. The van der Waals surface area contributed by atoms with Gasteiger partial charge in [0.2, 0.25) is 0 Å². The van der Waals surface area contributed by atoms with Crippen molar-refractivity contribution >= 4 is 0 Å². The van der Waals surface area contributed by atoms with E-state index in [9.17, 15) is 0 Å². The SMILES string of the molecule is COC1(C(N)CCCc2ccccc2)CCC(C)CC1. The second-order valence-corrected chi connectivity index (χ2v) is 6.44. The van der Waals surface area contributed by atoms with Crippen LogP contribution < -0.4 is 5.73 Å². The van der Waals surface area contributed by atoms with Crippen LogP contribution >= 0.6 is 0 Å². The third-order valence-electron chi connectivity index (χ3n) is 5.03. The molecule has 1 atom stereocenters. The fourth-order valence-corrected chi connectivity index (χ4v) is 3.41. The van der Waals surface area contributed by atoms with Crippen molar-refractivity contribution in [2.45, 2.75) is 63.5 Å². The molecule has 0 aliphatic heterocycles. The molecule has 1 aromatic carbocycles. The monoisotopic (exact) mass is 275 g/mol. The molecular weight excluding hydrogens is 246 g/mol. The van der Waals surface area contributed by atoms with Gasteiger partial charge in [0.25, 0.3) is 0 Å². The lowest BCUT2D eigenvalue weighted by molar-refractivity contribution is -0.0679. The topological polar surface area (TPSA) is 35.2 Å². The van der Waals surface area contributed by atoms with Crippen LogP contribution in [0.4, 0.5) is 0 Å². The molecule has 1 aromatic rings. The number of hydrogen-bond donors (Lipinski definition) is 1. The summed E-state index contributed by atoms with van der Waals surface area (Å²) in [6.07, 6.45) is 8.06. The van der Waals surface area contributed by atoms with E-state index in [4.69, 9.17) is 10.5 Å². The Balaban J connectivity index is 1.82. The summed E-state index contributed by atoms with van der Waals surface area (Å²) >= 11 is 0. The van der Waals surface area contributed by atoms with E-state index in [0.717, 1.165) is 38.0 Å². The number of nitrogens with two attached hydrogens (primary N) is 1.